The van der Waals surface area contributed by atoms with E-state index in [4.69, 9.17) is 28.4 Å². The van der Waals surface area contributed by atoms with E-state index >= 15 is 0 Å². The van der Waals surface area contributed by atoms with Crippen LogP contribution in [0.15, 0.2) is 16.6 Å². The number of fused-ring (bicyclic) bond motifs is 2. The van der Waals surface area contributed by atoms with Crippen LogP contribution in [-0.4, -0.2) is 48.1 Å². The van der Waals surface area contributed by atoms with Crippen molar-refractivity contribution in [3.05, 3.63) is 27.7 Å². The van der Waals surface area contributed by atoms with E-state index in [0.717, 1.165) is 0 Å². The van der Waals surface area contributed by atoms with E-state index in [2.05, 4.69) is 15.9 Å². The molecule has 0 aliphatic rings. The molecule has 0 saturated heterocycles. The molecule has 0 spiro atoms. The average molecular weight is 493 g/mol. The standard InChI is InChI=1S/C23H25BrO7/c1-8-31-23(25)17-11(2)16-12(9-14(17)26-3)20(28-5)18-15(27-4)10-13(24)21(29-6)19(18)22(16)30-7/h9-10H,8H2,1-7H3. The first-order valence-electron chi connectivity index (χ1n) is 9.56. The van der Waals surface area contributed by atoms with Gasteiger partial charge in [-0.2, -0.15) is 0 Å². The Morgan fingerprint density at radius 3 is 1.94 bits per heavy atom. The van der Waals surface area contributed by atoms with Gasteiger partial charge in [0.15, 0.2) is 0 Å². The van der Waals surface area contributed by atoms with E-state index < -0.39 is 5.97 Å². The van der Waals surface area contributed by atoms with Gasteiger partial charge in [-0.15, -0.1) is 0 Å². The van der Waals surface area contributed by atoms with Crippen LogP contribution in [0.2, 0.25) is 0 Å². The van der Waals surface area contributed by atoms with Crippen LogP contribution >= 0.6 is 15.9 Å². The Labute approximate surface area is 189 Å². The molecule has 3 aromatic carbocycles. The fraction of sp³-hybridized carbons (Fsp3) is 0.348. The Kier molecular flexibility index (Phi) is 6.69. The molecule has 0 unspecified atom stereocenters. The molecule has 0 fully saturated rings. The molecule has 166 valence electrons. The topological polar surface area (TPSA) is 72.5 Å². The molecule has 3 aromatic rings. The van der Waals surface area contributed by atoms with Crippen molar-refractivity contribution in [1.29, 1.82) is 0 Å². The fourth-order valence-corrected chi connectivity index (χ4v) is 4.53. The quantitative estimate of drug-likeness (QED) is 0.328. The zero-order chi connectivity index (χ0) is 22.9. The maximum Gasteiger partial charge on any atom is 0.342 e. The summed E-state index contributed by atoms with van der Waals surface area (Å²) in [5.74, 6) is 2.11. The molecule has 0 amide bonds. The molecule has 8 heteroatoms. The van der Waals surface area contributed by atoms with Gasteiger partial charge in [-0.05, 0) is 47.5 Å². The Balaban J connectivity index is 2.69. The van der Waals surface area contributed by atoms with Gasteiger partial charge in [0.25, 0.3) is 0 Å². The highest BCUT2D eigenvalue weighted by molar-refractivity contribution is 9.10. The van der Waals surface area contributed by atoms with Gasteiger partial charge < -0.3 is 28.4 Å². The van der Waals surface area contributed by atoms with Crippen molar-refractivity contribution < 1.29 is 33.2 Å². The minimum atomic E-state index is -0.473. The monoisotopic (exact) mass is 492 g/mol. The van der Waals surface area contributed by atoms with E-state index in [1.807, 2.05) is 13.0 Å². The molecule has 3 rings (SSSR count). The number of halogens is 1. The maximum atomic E-state index is 12.8. The lowest BCUT2D eigenvalue weighted by atomic mass is 9.93. The minimum Gasteiger partial charge on any atom is -0.496 e. The third-order valence-corrected chi connectivity index (χ3v) is 5.79. The molecule has 0 heterocycles. The SMILES string of the molecule is CCOC(=O)c1c(OC)cc2c(OC)c3c(OC)cc(Br)c(OC)c3c(OC)c2c1C. The zero-order valence-electron chi connectivity index (χ0n) is 18.6. The number of rotatable bonds is 7. The van der Waals surface area contributed by atoms with Crippen LogP contribution in [0.25, 0.3) is 21.5 Å². The van der Waals surface area contributed by atoms with Crippen molar-refractivity contribution in [2.24, 2.45) is 0 Å². The summed E-state index contributed by atoms with van der Waals surface area (Å²) in [6.45, 7) is 3.83. The van der Waals surface area contributed by atoms with Gasteiger partial charge in [-0.3, -0.25) is 0 Å². The Bertz CT molecular complexity index is 1170. The van der Waals surface area contributed by atoms with Crippen molar-refractivity contribution in [1.82, 2.24) is 0 Å². The molecular weight excluding hydrogens is 468 g/mol. The van der Waals surface area contributed by atoms with Crippen molar-refractivity contribution in [2.45, 2.75) is 13.8 Å². The summed E-state index contributed by atoms with van der Waals surface area (Å²) in [5, 5.41) is 2.73. The number of hydrogen-bond acceptors (Lipinski definition) is 7. The van der Waals surface area contributed by atoms with Crippen molar-refractivity contribution >= 4 is 43.4 Å². The highest BCUT2D eigenvalue weighted by Gasteiger charge is 2.29. The molecule has 31 heavy (non-hydrogen) atoms. The number of hydrogen-bond donors (Lipinski definition) is 0. The van der Waals surface area contributed by atoms with Crippen molar-refractivity contribution in [3.63, 3.8) is 0 Å². The van der Waals surface area contributed by atoms with Crippen molar-refractivity contribution in [2.75, 3.05) is 42.2 Å². The number of esters is 1. The van der Waals surface area contributed by atoms with Crippen LogP contribution in [-0.2, 0) is 4.74 Å². The number of carbonyl (C=O) groups excluding carboxylic acids is 1. The second-order valence-electron chi connectivity index (χ2n) is 6.63. The first kappa shape index (κ1) is 22.8. The zero-order valence-corrected chi connectivity index (χ0v) is 20.2. The highest BCUT2D eigenvalue weighted by Crippen LogP contribution is 2.54. The molecule has 0 N–H and O–H groups in total. The number of benzene rings is 3. The molecule has 0 radical (unpaired) electrons. The first-order chi connectivity index (χ1) is 14.9. The lowest BCUT2D eigenvalue weighted by Gasteiger charge is -2.22. The normalized spacial score (nSPS) is 10.8. The average Bonchev–Trinajstić information content (AvgIpc) is 2.76. The van der Waals surface area contributed by atoms with E-state index in [1.54, 1.807) is 41.4 Å². The van der Waals surface area contributed by atoms with Gasteiger partial charge >= 0.3 is 5.97 Å². The third kappa shape index (κ3) is 3.48. The summed E-state index contributed by atoms with van der Waals surface area (Å²) in [6.07, 6.45) is 0. The Morgan fingerprint density at radius 2 is 1.42 bits per heavy atom. The second kappa shape index (κ2) is 9.09. The highest BCUT2D eigenvalue weighted by atomic mass is 79.9. The van der Waals surface area contributed by atoms with Crippen LogP contribution < -0.4 is 23.7 Å². The van der Waals surface area contributed by atoms with Gasteiger partial charge in [0.1, 0.15) is 34.3 Å². The van der Waals surface area contributed by atoms with Gasteiger partial charge in [0, 0.05) is 10.8 Å². The van der Waals surface area contributed by atoms with Crippen LogP contribution in [0, 0.1) is 6.92 Å². The van der Waals surface area contributed by atoms with Gasteiger partial charge in [-0.25, -0.2) is 4.79 Å². The molecule has 0 bridgehead atoms. The number of carbonyl (C=O) groups is 1. The molecular formula is C23H25BrO7. The summed E-state index contributed by atoms with van der Waals surface area (Å²) in [4.78, 5) is 12.8. The molecule has 0 saturated carbocycles. The Hall–Kier alpha value is -2.87. The van der Waals surface area contributed by atoms with Crippen LogP contribution in [0.4, 0.5) is 0 Å². The largest absolute Gasteiger partial charge is 0.496 e. The van der Waals surface area contributed by atoms with E-state index in [0.29, 0.717) is 65.9 Å². The third-order valence-electron chi connectivity index (χ3n) is 5.20. The lowest BCUT2D eigenvalue weighted by Crippen LogP contribution is -2.10. The second-order valence-corrected chi connectivity index (χ2v) is 7.49. The summed E-state index contributed by atoms with van der Waals surface area (Å²) in [6, 6.07) is 3.56. The summed E-state index contributed by atoms with van der Waals surface area (Å²) < 4.78 is 34.6. The predicted octanol–water partition coefficient (Wildman–Crippen LogP) is 5.28. The van der Waals surface area contributed by atoms with Gasteiger partial charge in [-0.1, -0.05) is 0 Å². The predicted molar refractivity (Wildman–Crippen MR) is 123 cm³/mol. The van der Waals surface area contributed by atoms with E-state index in [1.165, 1.54) is 7.11 Å². The van der Waals surface area contributed by atoms with Crippen molar-refractivity contribution in [3.8, 4) is 28.7 Å². The number of methoxy groups -OCH3 is 5. The van der Waals surface area contributed by atoms with Crippen LogP contribution in [0.3, 0.4) is 0 Å². The van der Waals surface area contributed by atoms with Gasteiger partial charge in [0.05, 0.1) is 57.4 Å². The smallest absolute Gasteiger partial charge is 0.342 e. The van der Waals surface area contributed by atoms with Crippen LogP contribution in [0.1, 0.15) is 22.8 Å². The number of aryl methyl sites for hydroxylation is 1. The first-order valence-corrected chi connectivity index (χ1v) is 10.4. The van der Waals surface area contributed by atoms with E-state index in [-0.39, 0.29) is 6.61 Å². The van der Waals surface area contributed by atoms with Gasteiger partial charge in [0.2, 0.25) is 0 Å². The summed E-state index contributed by atoms with van der Waals surface area (Å²) in [5.41, 5.74) is 0.975. The lowest BCUT2D eigenvalue weighted by molar-refractivity contribution is 0.0522. The summed E-state index contributed by atoms with van der Waals surface area (Å²) in [7, 11) is 7.82. The fourth-order valence-electron chi connectivity index (χ4n) is 3.96. The minimum absolute atomic E-state index is 0.246. The summed E-state index contributed by atoms with van der Waals surface area (Å²) >= 11 is 3.55. The maximum absolute atomic E-state index is 12.8. The molecule has 0 aromatic heterocycles. The molecule has 7 nitrogen and oxygen atoms in total. The molecule has 0 aliphatic heterocycles. The molecule has 0 aliphatic carbocycles. The van der Waals surface area contributed by atoms with Crippen LogP contribution in [0.5, 0.6) is 28.7 Å². The molecule has 0 atom stereocenters. The Morgan fingerprint density at radius 1 is 0.806 bits per heavy atom. The van der Waals surface area contributed by atoms with E-state index in [9.17, 15) is 4.79 Å². The number of ether oxygens (including phenoxy) is 6.